The van der Waals surface area contributed by atoms with Gasteiger partial charge in [0.25, 0.3) is 0 Å². The zero-order valence-electron chi connectivity index (χ0n) is 9.90. The Bertz CT molecular complexity index is 556. The van der Waals surface area contributed by atoms with Gasteiger partial charge in [0.2, 0.25) is 5.95 Å². The van der Waals surface area contributed by atoms with Crippen LogP contribution >= 0.6 is 0 Å². The molecule has 0 saturated carbocycles. The fourth-order valence-electron chi connectivity index (χ4n) is 2.23. The molecule has 0 aliphatic carbocycles. The molecule has 1 aliphatic rings. The summed E-state index contributed by atoms with van der Waals surface area (Å²) >= 11 is 0. The number of H-pyrrole nitrogens is 1. The second kappa shape index (κ2) is 4.55. The molecule has 1 aromatic carbocycles. The Balaban J connectivity index is 1.97. The Morgan fingerprint density at radius 3 is 3.28 bits per heavy atom. The molecular weight excluding hydrogens is 235 g/mol. The van der Waals surface area contributed by atoms with Gasteiger partial charge in [0, 0.05) is 13.1 Å². The number of nitrogens with zero attached hydrogens (tertiary/aromatic N) is 2. The van der Waals surface area contributed by atoms with Crippen LogP contribution in [0.5, 0.6) is 0 Å². The SMILES string of the molecule is NCC1COCCN1c1nc2ccc(F)cc2[nH]1. The number of benzene rings is 1. The predicted octanol–water partition coefficient (Wildman–Crippen LogP) is 0.866. The van der Waals surface area contributed by atoms with E-state index in [2.05, 4.69) is 14.9 Å². The van der Waals surface area contributed by atoms with Crippen LogP contribution in [0.25, 0.3) is 11.0 Å². The van der Waals surface area contributed by atoms with E-state index in [-0.39, 0.29) is 11.9 Å². The van der Waals surface area contributed by atoms with Crippen LogP contribution < -0.4 is 10.6 Å². The van der Waals surface area contributed by atoms with E-state index in [9.17, 15) is 4.39 Å². The van der Waals surface area contributed by atoms with Crippen molar-refractivity contribution in [2.75, 3.05) is 31.2 Å². The molecule has 96 valence electrons. The number of anilines is 1. The summed E-state index contributed by atoms with van der Waals surface area (Å²) in [6.07, 6.45) is 0. The minimum Gasteiger partial charge on any atom is -0.377 e. The average Bonchev–Trinajstić information content (AvgIpc) is 2.81. The number of halogens is 1. The van der Waals surface area contributed by atoms with E-state index in [4.69, 9.17) is 10.5 Å². The first kappa shape index (κ1) is 11.4. The van der Waals surface area contributed by atoms with Crippen molar-refractivity contribution in [2.24, 2.45) is 5.73 Å². The van der Waals surface area contributed by atoms with Crippen molar-refractivity contribution in [1.29, 1.82) is 0 Å². The van der Waals surface area contributed by atoms with Crippen molar-refractivity contribution >= 4 is 17.0 Å². The van der Waals surface area contributed by atoms with Gasteiger partial charge in [-0.2, -0.15) is 0 Å². The number of fused-ring (bicyclic) bond motifs is 1. The smallest absolute Gasteiger partial charge is 0.204 e. The topological polar surface area (TPSA) is 67.2 Å². The third kappa shape index (κ3) is 1.93. The van der Waals surface area contributed by atoms with Gasteiger partial charge >= 0.3 is 0 Å². The number of aromatic amines is 1. The third-order valence-corrected chi connectivity index (χ3v) is 3.20. The number of morpholine rings is 1. The molecule has 1 atom stereocenters. The highest BCUT2D eigenvalue weighted by Gasteiger charge is 2.24. The van der Waals surface area contributed by atoms with Crippen molar-refractivity contribution in [3.8, 4) is 0 Å². The van der Waals surface area contributed by atoms with E-state index < -0.39 is 0 Å². The lowest BCUT2D eigenvalue weighted by molar-refractivity contribution is 0.0955. The van der Waals surface area contributed by atoms with Gasteiger partial charge in [0.1, 0.15) is 5.82 Å². The highest BCUT2D eigenvalue weighted by atomic mass is 19.1. The summed E-state index contributed by atoms with van der Waals surface area (Å²) < 4.78 is 18.5. The standard InChI is InChI=1S/C12H15FN4O/c13-8-1-2-10-11(5-8)16-12(15-10)17-3-4-18-7-9(17)6-14/h1-2,5,9H,3-4,6-7,14H2,(H,15,16). The quantitative estimate of drug-likeness (QED) is 0.829. The molecule has 3 N–H and O–H groups in total. The van der Waals surface area contributed by atoms with Crippen LogP contribution in [-0.2, 0) is 4.74 Å². The summed E-state index contributed by atoms with van der Waals surface area (Å²) in [4.78, 5) is 9.69. The first-order chi connectivity index (χ1) is 8.78. The third-order valence-electron chi connectivity index (χ3n) is 3.20. The van der Waals surface area contributed by atoms with Gasteiger partial charge in [0.15, 0.2) is 0 Å². The molecule has 1 fully saturated rings. The first-order valence-corrected chi connectivity index (χ1v) is 5.97. The minimum atomic E-state index is -0.268. The molecule has 5 nitrogen and oxygen atoms in total. The summed E-state index contributed by atoms with van der Waals surface area (Å²) in [5, 5.41) is 0. The van der Waals surface area contributed by atoms with Crippen LogP contribution in [0.3, 0.4) is 0 Å². The molecule has 0 spiro atoms. The van der Waals surface area contributed by atoms with E-state index >= 15 is 0 Å². The molecule has 1 aliphatic heterocycles. The lowest BCUT2D eigenvalue weighted by atomic mass is 10.2. The molecule has 0 bridgehead atoms. The fraction of sp³-hybridized carbons (Fsp3) is 0.417. The molecule has 6 heteroatoms. The van der Waals surface area contributed by atoms with Gasteiger partial charge in [-0.3, -0.25) is 0 Å². The highest BCUT2D eigenvalue weighted by Crippen LogP contribution is 2.21. The van der Waals surface area contributed by atoms with Gasteiger partial charge in [-0.15, -0.1) is 0 Å². The molecule has 0 radical (unpaired) electrons. The van der Waals surface area contributed by atoms with Crippen molar-refractivity contribution < 1.29 is 9.13 Å². The number of hydrogen-bond donors (Lipinski definition) is 2. The van der Waals surface area contributed by atoms with Crippen LogP contribution in [0.4, 0.5) is 10.3 Å². The zero-order chi connectivity index (χ0) is 12.5. The molecule has 18 heavy (non-hydrogen) atoms. The van der Waals surface area contributed by atoms with Gasteiger partial charge in [-0.05, 0) is 18.2 Å². The molecule has 1 unspecified atom stereocenters. The average molecular weight is 250 g/mol. The largest absolute Gasteiger partial charge is 0.377 e. The Kier molecular flexibility index (Phi) is 2.89. The van der Waals surface area contributed by atoms with Crippen molar-refractivity contribution in [1.82, 2.24) is 9.97 Å². The normalized spacial score (nSPS) is 20.6. The van der Waals surface area contributed by atoms with Crippen molar-refractivity contribution in [3.05, 3.63) is 24.0 Å². The molecule has 1 aromatic heterocycles. The lowest BCUT2D eigenvalue weighted by Gasteiger charge is -2.34. The van der Waals surface area contributed by atoms with Crippen LogP contribution in [0.2, 0.25) is 0 Å². The van der Waals surface area contributed by atoms with E-state index in [1.807, 2.05) is 0 Å². The molecule has 3 rings (SSSR count). The van der Waals surface area contributed by atoms with Crippen molar-refractivity contribution in [3.63, 3.8) is 0 Å². The van der Waals surface area contributed by atoms with Crippen molar-refractivity contribution in [2.45, 2.75) is 6.04 Å². The summed E-state index contributed by atoms with van der Waals surface area (Å²) in [7, 11) is 0. The lowest BCUT2D eigenvalue weighted by Crippen LogP contribution is -2.50. The summed E-state index contributed by atoms with van der Waals surface area (Å²) in [6.45, 7) is 2.50. The molecule has 1 saturated heterocycles. The van der Waals surface area contributed by atoms with E-state index in [1.54, 1.807) is 6.07 Å². The summed E-state index contributed by atoms with van der Waals surface area (Å²) in [5.41, 5.74) is 7.19. The predicted molar refractivity (Wildman–Crippen MR) is 67.1 cm³/mol. The Morgan fingerprint density at radius 1 is 1.56 bits per heavy atom. The molecular formula is C12H15FN4O. The van der Waals surface area contributed by atoms with E-state index in [0.29, 0.717) is 25.3 Å². The minimum absolute atomic E-state index is 0.115. The molecule has 2 aromatic rings. The number of aromatic nitrogens is 2. The monoisotopic (exact) mass is 250 g/mol. The Hall–Kier alpha value is -1.66. The second-order valence-corrected chi connectivity index (χ2v) is 4.38. The number of imidazole rings is 1. The maximum Gasteiger partial charge on any atom is 0.204 e. The van der Waals surface area contributed by atoms with Crippen LogP contribution in [0.1, 0.15) is 0 Å². The number of rotatable bonds is 2. The van der Waals surface area contributed by atoms with Crippen LogP contribution in [-0.4, -0.2) is 42.3 Å². The number of hydrogen-bond acceptors (Lipinski definition) is 4. The second-order valence-electron chi connectivity index (χ2n) is 4.38. The summed E-state index contributed by atoms with van der Waals surface area (Å²) in [6, 6.07) is 4.64. The highest BCUT2D eigenvalue weighted by molar-refractivity contribution is 5.77. The Morgan fingerprint density at radius 2 is 2.44 bits per heavy atom. The molecule has 2 heterocycles. The van der Waals surface area contributed by atoms with Crippen LogP contribution in [0, 0.1) is 5.82 Å². The Labute approximate surface area is 104 Å². The first-order valence-electron chi connectivity index (χ1n) is 5.97. The van der Waals surface area contributed by atoms with Gasteiger partial charge in [-0.25, -0.2) is 9.37 Å². The van der Waals surface area contributed by atoms with Crippen LogP contribution in [0.15, 0.2) is 18.2 Å². The van der Waals surface area contributed by atoms with E-state index in [0.717, 1.165) is 18.0 Å². The number of nitrogens with two attached hydrogens (primary N) is 1. The zero-order valence-corrected chi connectivity index (χ0v) is 9.90. The number of ether oxygens (including phenoxy) is 1. The van der Waals surface area contributed by atoms with Gasteiger partial charge in [-0.1, -0.05) is 0 Å². The van der Waals surface area contributed by atoms with Gasteiger partial charge < -0.3 is 20.4 Å². The molecule has 0 amide bonds. The maximum atomic E-state index is 13.1. The fourth-order valence-corrected chi connectivity index (χ4v) is 2.23. The number of nitrogens with one attached hydrogen (secondary N) is 1. The summed E-state index contributed by atoms with van der Waals surface area (Å²) in [5.74, 6) is 0.462. The van der Waals surface area contributed by atoms with Gasteiger partial charge in [0.05, 0.1) is 30.3 Å². The maximum absolute atomic E-state index is 13.1. The van der Waals surface area contributed by atoms with E-state index in [1.165, 1.54) is 12.1 Å².